The van der Waals surface area contributed by atoms with Gasteiger partial charge in [0.1, 0.15) is 11.2 Å². The molecule has 7 aromatic carbocycles. The molecule has 1 aliphatic rings. The second kappa shape index (κ2) is 11.5. The number of hydrogen-bond donors (Lipinski definition) is 0. The maximum atomic E-state index is 6.43. The van der Waals surface area contributed by atoms with E-state index in [1.165, 1.54) is 33.4 Å². The van der Waals surface area contributed by atoms with E-state index in [0.29, 0.717) is 5.82 Å². The molecule has 240 valence electrons. The normalized spacial score (nSPS) is 14.8. The fourth-order valence-electron chi connectivity index (χ4n) is 7.99. The van der Waals surface area contributed by atoms with Crippen molar-refractivity contribution in [1.29, 1.82) is 0 Å². The van der Waals surface area contributed by atoms with Crippen molar-refractivity contribution in [3.63, 3.8) is 0 Å². The van der Waals surface area contributed by atoms with E-state index < -0.39 is 0 Å². The van der Waals surface area contributed by atoms with E-state index in [4.69, 9.17) is 14.4 Å². The third-order valence-corrected chi connectivity index (χ3v) is 10.6. The molecule has 10 rings (SSSR count). The van der Waals surface area contributed by atoms with Crippen molar-refractivity contribution in [2.75, 3.05) is 0 Å². The van der Waals surface area contributed by atoms with Gasteiger partial charge in [-0.1, -0.05) is 152 Å². The molecule has 51 heavy (non-hydrogen) atoms. The largest absolute Gasteiger partial charge is 0.455 e. The highest BCUT2D eigenvalue weighted by Gasteiger charge is 2.40. The molecule has 1 atom stereocenters. The van der Waals surface area contributed by atoms with Crippen molar-refractivity contribution in [1.82, 2.24) is 9.97 Å². The van der Waals surface area contributed by atoms with Gasteiger partial charge in [-0.05, 0) is 70.1 Å². The number of benzene rings is 7. The molecular weight excluding hydrogens is 621 g/mol. The maximum absolute atomic E-state index is 6.43. The Labute approximate surface area is 296 Å². The molecule has 0 saturated heterocycles. The Hall–Kier alpha value is -6.58. The van der Waals surface area contributed by atoms with Crippen LogP contribution in [0, 0.1) is 0 Å². The van der Waals surface area contributed by atoms with E-state index >= 15 is 0 Å². The van der Waals surface area contributed by atoms with Gasteiger partial charge < -0.3 is 4.42 Å². The molecule has 0 fully saturated rings. The van der Waals surface area contributed by atoms with E-state index in [9.17, 15) is 0 Å². The van der Waals surface area contributed by atoms with Gasteiger partial charge in [0.2, 0.25) is 0 Å². The summed E-state index contributed by atoms with van der Waals surface area (Å²) in [6.45, 7) is 2.36. The Morgan fingerprint density at radius 2 is 1.06 bits per heavy atom. The predicted molar refractivity (Wildman–Crippen MR) is 208 cm³/mol. The van der Waals surface area contributed by atoms with Crippen LogP contribution >= 0.6 is 0 Å². The first-order valence-corrected chi connectivity index (χ1v) is 17.4. The molecule has 9 aromatic rings. The molecule has 0 N–H and O–H groups in total. The highest BCUT2D eigenvalue weighted by atomic mass is 16.3. The van der Waals surface area contributed by atoms with Gasteiger partial charge in [0.15, 0.2) is 5.82 Å². The zero-order chi connectivity index (χ0) is 33.9. The summed E-state index contributed by atoms with van der Waals surface area (Å²) in [6, 6.07) is 62.2. The van der Waals surface area contributed by atoms with Gasteiger partial charge in [-0.3, -0.25) is 0 Å². The molecule has 0 bridgehead atoms. The predicted octanol–water partition coefficient (Wildman–Crippen LogP) is 12.4. The maximum Gasteiger partial charge on any atom is 0.160 e. The highest BCUT2D eigenvalue weighted by molar-refractivity contribution is 6.09. The van der Waals surface area contributed by atoms with Crippen LogP contribution in [0.5, 0.6) is 0 Å². The van der Waals surface area contributed by atoms with Gasteiger partial charge in [0.05, 0.1) is 11.4 Å². The van der Waals surface area contributed by atoms with Crippen LogP contribution in [-0.4, -0.2) is 9.97 Å². The molecule has 0 amide bonds. The lowest BCUT2D eigenvalue weighted by Gasteiger charge is -2.28. The summed E-state index contributed by atoms with van der Waals surface area (Å²) in [5, 5.41) is 2.18. The first-order chi connectivity index (χ1) is 25.1. The lowest BCUT2D eigenvalue weighted by molar-refractivity contribution is 0.670. The summed E-state index contributed by atoms with van der Waals surface area (Å²) in [5.74, 6) is 0.679. The van der Waals surface area contributed by atoms with Crippen LogP contribution in [0.15, 0.2) is 180 Å². The average molecular weight is 653 g/mol. The van der Waals surface area contributed by atoms with Crippen LogP contribution in [0.2, 0.25) is 0 Å². The molecule has 0 aliphatic heterocycles. The molecule has 3 heteroatoms. The van der Waals surface area contributed by atoms with Crippen LogP contribution in [-0.2, 0) is 5.41 Å². The highest BCUT2D eigenvalue weighted by Crippen LogP contribution is 2.53. The van der Waals surface area contributed by atoms with Crippen molar-refractivity contribution in [3.8, 4) is 56.2 Å². The number of aromatic nitrogens is 2. The molecule has 3 nitrogen and oxygen atoms in total. The number of hydrogen-bond acceptors (Lipinski definition) is 3. The monoisotopic (exact) mass is 652 g/mol. The Morgan fingerprint density at radius 3 is 1.90 bits per heavy atom. The van der Waals surface area contributed by atoms with E-state index in [0.717, 1.165) is 55.6 Å². The quantitative estimate of drug-likeness (QED) is 0.186. The first kappa shape index (κ1) is 29.3. The summed E-state index contributed by atoms with van der Waals surface area (Å²) in [6.07, 6.45) is 0. The smallest absolute Gasteiger partial charge is 0.160 e. The van der Waals surface area contributed by atoms with Crippen LogP contribution in [0.25, 0.3) is 78.1 Å². The van der Waals surface area contributed by atoms with Crippen LogP contribution in [0.4, 0.5) is 0 Å². The average Bonchev–Trinajstić information content (AvgIpc) is 3.72. The van der Waals surface area contributed by atoms with Gasteiger partial charge in [-0.25, -0.2) is 9.97 Å². The second-order valence-electron chi connectivity index (χ2n) is 13.5. The Kier molecular flexibility index (Phi) is 6.62. The van der Waals surface area contributed by atoms with Crippen molar-refractivity contribution >= 4 is 21.9 Å². The molecule has 1 unspecified atom stereocenters. The molecular formula is C48H32N2O. The summed E-state index contributed by atoms with van der Waals surface area (Å²) < 4.78 is 6.43. The Bertz CT molecular complexity index is 2750. The minimum Gasteiger partial charge on any atom is -0.455 e. The number of rotatable bonds is 5. The molecule has 0 saturated carbocycles. The van der Waals surface area contributed by atoms with Crippen molar-refractivity contribution in [3.05, 3.63) is 193 Å². The van der Waals surface area contributed by atoms with Gasteiger partial charge in [-0.2, -0.15) is 0 Å². The third kappa shape index (κ3) is 4.66. The molecule has 0 spiro atoms. The fourth-order valence-corrected chi connectivity index (χ4v) is 7.99. The van der Waals surface area contributed by atoms with Gasteiger partial charge in [0, 0.05) is 32.9 Å². The minimum absolute atomic E-state index is 0.239. The van der Waals surface area contributed by atoms with Crippen molar-refractivity contribution in [2.45, 2.75) is 12.3 Å². The summed E-state index contributed by atoms with van der Waals surface area (Å²) in [4.78, 5) is 10.2. The number of fused-ring (bicyclic) bond motifs is 6. The summed E-state index contributed by atoms with van der Waals surface area (Å²) in [5.41, 5.74) is 15.1. The summed E-state index contributed by atoms with van der Waals surface area (Å²) in [7, 11) is 0. The van der Waals surface area contributed by atoms with E-state index in [1.807, 2.05) is 36.4 Å². The Morgan fingerprint density at radius 1 is 0.431 bits per heavy atom. The molecule has 0 radical (unpaired) electrons. The van der Waals surface area contributed by atoms with E-state index in [1.54, 1.807) is 0 Å². The minimum atomic E-state index is -0.239. The summed E-state index contributed by atoms with van der Waals surface area (Å²) >= 11 is 0. The van der Waals surface area contributed by atoms with Crippen LogP contribution in [0.1, 0.15) is 23.6 Å². The van der Waals surface area contributed by atoms with E-state index in [-0.39, 0.29) is 5.41 Å². The van der Waals surface area contributed by atoms with Crippen LogP contribution in [0.3, 0.4) is 0 Å². The first-order valence-electron chi connectivity index (χ1n) is 17.4. The fraction of sp³-hybridized carbons (Fsp3) is 0.0417. The van der Waals surface area contributed by atoms with Crippen molar-refractivity contribution < 1.29 is 4.42 Å². The van der Waals surface area contributed by atoms with Gasteiger partial charge in [0.25, 0.3) is 0 Å². The molecule has 2 aromatic heterocycles. The zero-order valence-electron chi connectivity index (χ0n) is 28.0. The van der Waals surface area contributed by atoms with Crippen LogP contribution < -0.4 is 0 Å². The second-order valence-corrected chi connectivity index (χ2v) is 13.5. The van der Waals surface area contributed by atoms with E-state index in [2.05, 4.69) is 146 Å². The number of furan rings is 1. The zero-order valence-corrected chi connectivity index (χ0v) is 28.0. The number of nitrogens with zero attached hydrogens (tertiary/aromatic N) is 2. The standard InChI is InChI=1S/C48H32N2O/c1-48(35-15-6-3-7-16-35)41-21-10-8-17-36(41)37-28-27-34(29-42(37)48)31-23-25-32(26-24-31)43-30-44(50-47(49-43)33-13-4-2-5-14-33)40-20-12-19-39-38-18-9-11-22-45(38)51-46(39)40/h2-30H,1H3. The van der Waals surface area contributed by atoms with Gasteiger partial charge >= 0.3 is 0 Å². The van der Waals surface area contributed by atoms with Gasteiger partial charge in [-0.15, -0.1) is 0 Å². The SMILES string of the molecule is CC1(c2ccccc2)c2ccccc2-c2ccc(-c3ccc(-c4cc(-c5cccc6c5oc5ccccc56)nc(-c5ccccc5)n4)cc3)cc21. The topological polar surface area (TPSA) is 38.9 Å². The Balaban J connectivity index is 1.08. The number of para-hydroxylation sites is 2. The van der Waals surface area contributed by atoms with Crippen molar-refractivity contribution in [2.24, 2.45) is 0 Å². The lowest BCUT2D eigenvalue weighted by Crippen LogP contribution is -2.22. The third-order valence-electron chi connectivity index (χ3n) is 10.6. The lowest BCUT2D eigenvalue weighted by atomic mass is 9.74. The molecule has 1 aliphatic carbocycles. The molecule has 2 heterocycles.